The molecule has 1 saturated carbocycles. The zero-order chi connectivity index (χ0) is 14.7. The zero-order valence-electron chi connectivity index (χ0n) is 13.5. The maximum Gasteiger partial charge on any atom is 0.0300 e. The first-order valence-corrected chi connectivity index (χ1v) is 8.61. The first-order chi connectivity index (χ1) is 10.2. The van der Waals surface area contributed by atoms with Gasteiger partial charge in [-0.25, -0.2) is 0 Å². The Bertz CT molecular complexity index is 454. The van der Waals surface area contributed by atoms with Gasteiger partial charge in [-0.3, -0.25) is 9.88 Å². The van der Waals surface area contributed by atoms with E-state index in [-0.39, 0.29) is 0 Å². The summed E-state index contributed by atoms with van der Waals surface area (Å²) in [7, 11) is 0. The second-order valence-electron chi connectivity index (χ2n) is 6.99. The Hall–Kier alpha value is -0.930. The Morgan fingerprint density at radius 1 is 1.29 bits per heavy atom. The van der Waals surface area contributed by atoms with Crippen LogP contribution in [-0.2, 0) is 6.54 Å². The van der Waals surface area contributed by atoms with Gasteiger partial charge in [0.15, 0.2) is 0 Å². The zero-order valence-corrected chi connectivity index (χ0v) is 13.5. The number of nitrogens with one attached hydrogen (secondary N) is 1. The molecule has 0 amide bonds. The van der Waals surface area contributed by atoms with Crippen molar-refractivity contribution in [3.8, 4) is 0 Å². The molecule has 3 rings (SSSR count). The molecule has 2 aliphatic rings. The number of nitrogens with zero attached hydrogens (tertiary/aromatic N) is 2. The molecule has 2 unspecified atom stereocenters. The molecule has 2 fully saturated rings. The number of aromatic nitrogens is 1. The summed E-state index contributed by atoms with van der Waals surface area (Å²) in [5.74, 6) is 0.896. The van der Waals surface area contributed by atoms with Gasteiger partial charge in [-0.05, 0) is 49.8 Å². The highest BCUT2D eigenvalue weighted by atomic mass is 15.2. The van der Waals surface area contributed by atoms with Crippen LogP contribution in [0.1, 0.15) is 50.2 Å². The minimum Gasteiger partial charge on any atom is -0.311 e. The van der Waals surface area contributed by atoms with Crippen LogP contribution in [0.15, 0.2) is 18.5 Å². The summed E-state index contributed by atoms with van der Waals surface area (Å²) in [4.78, 5) is 6.88. The summed E-state index contributed by atoms with van der Waals surface area (Å²) in [6, 6.07) is 3.50. The summed E-state index contributed by atoms with van der Waals surface area (Å²) in [6.45, 7) is 7.92. The van der Waals surface area contributed by atoms with Crippen molar-refractivity contribution in [2.75, 3.05) is 13.1 Å². The molecule has 0 bridgehead atoms. The van der Waals surface area contributed by atoms with Gasteiger partial charge in [-0.15, -0.1) is 0 Å². The van der Waals surface area contributed by atoms with E-state index in [0.29, 0.717) is 12.1 Å². The largest absolute Gasteiger partial charge is 0.311 e. The first-order valence-electron chi connectivity index (χ1n) is 8.61. The fourth-order valence-corrected chi connectivity index (χ4v) is 3.92. The molecule has 0 spiro atoms. The fourth-order valence-electron chi connectivity index (χ4n) is 3.92. The molecule has 1 aromatic rings. The smallest absolute Gasteiger partial charge is 0.0300 e. The highest BCUT2D eigenvalue weighted by molar-refractivity contribution is 5.21. The molecule has 0 radical (unpaired) electrons. The highest BCUT2D eigenvalue weighted by Crippen LogP contribution is 2.28. The lowest BCUT2D eigenvalue weighted by molar-refractivity contribution is 0.0979. The van der Waals surface area contributed by atoms with Crippen LogP contribution in [0.3, 0.4) is 0 Å². The summed E-state index contributed by atoms with van der Waals surface area (Å²) < 4.78 is 0. The van der Waals surface area contributed by atoms with Crippen LogP contribution in [0.2, 0.25) is 0 Å². The normalized spacial score (nSPS) is 28.7. The SMILES string of the molecule is Cc1cnccc1CN1CC(C2CCCCC2)NCC1C. The van der Waals surface area contributed by atoms with Crippen molar-refractivity contribution in [3.05, 3.63) is 29.6 Å². The maximum atomic E-state index is 4.21. The van der Waals surface area contributed by atoms with Crippen LogP contribution in [0.25, 0.3) is 0 Å². The lowest BCUT2D eigenvalue weighted by atomic mass is 9.82. The minimum absolute atomic E-state index is 0.623. The third-order valence-electron chi connectivity index (χ3n) is 5.46. The van der Waals surface area contributed by atoms with E-state index in [4.69, 9.17) is 0 Å². The summed E-state index contributed by atoms with van der Waals surface area (Å²) >= 11 is 0. The molecule has 1 saturated heterocycles. The van der Waals surface area contributed by atoms with Gasteiger partial charge < -0.3 is 5.32 Å². The van der Waals surface area contributed by atoms with Crippen LogP contribution in [0.5, 0.6) is 0 Å². The molecule has 0 aromatic carbocycles. The Morgan fingerprint density at radius 2 is 2.10 bits per heavy atom. The molecule has 2 heterocycles. The maximum absolute atomic E-state index is 4.21. The van der Waals surface area contributed by atoms with Crippen molar-refractivity contribution >= 4 is 0 Å². The van der Waals surface area contributed by atoms with Gasteiger partial charge in [0.25, 0.3) is 0 Å². The van der Waals surface area contributed by atoms with E-state index in [9.17, 15) is 0 Å². The van der Waals surface area contributed by atoms with Gasteiger partial charge in [-0.2, -0.15) is 0 Å². The summed E-state index contributed by atoms with van der Waals surface area (Å²) in [5, 5.41) is 3.81. The average Bonchev–Trinajstić information content (AvgIpc) is 2.52. The van der Waals surface area contributed by atoms with Gasteiger partial charge in [0.05, 0.1) is 0 Å². The van der Waals surface area contributed by atoms with E-state index in [1.807, 2.05) is 12.4 Å². The predicted molar refractivity (Wildman–Crippen MR) is 87.2 cm³/mol. The van der Waals surface area contributed by atoms with Crippen LogP contribution >= 0.6 is 0 Å². The topological polar surface area (TPSA) is 28.2 Å². The van der Waals surface area contributed by atoms with E-state index >= 15 is 0 Å². The Morgan fingerprint density at radius 3 is 2.86 bits per heavy atom. The molecular weight excluding hydrogens is 258 g/mol. The summed E-state index contributed by atoms with van der Waals surface area (Å²) in [6.07, 6.45) is 11.1. The van der Waals surface area contributed by atoms with Crippen molar-refractivity contribution in [3.63, 3.8) is 0 Å². The molecule has 1 aromatic heterocycles. The van der Waals surface area contributed by atoms with Gasteiger partial charge in [0.1, 0.15) is 0 Å². The van der Waals surface area contributed by atoms with Crippen molar-refractivity contribution in [2.45, 2.75) is 64.6 Å². The van der Waals surface area contributed by atoms with Crippen molar-refractivity contribution < 1.29 is 0 Å². The van der Waals surface area contributed by atoms with Gasteiger partial charge in [0, 0.05) is 44.1 Å². The van der Waals surface area contributed by atoms with Gasteiger partial charge in [0.2, 0.25) is 0 Å². The average molecular weight is 287 g/mol. The van der Waals surface area contributed by atoms with E-state index in [2.05, 4.69) is 35.1 Å². The number of hydrogen-bond donors (Lipinski definition) is 1. The molecule has 116 valence electrons. The lowest BCUT2D eigenvalue weighted by Gasteiger charge is -2.43. The second-order valence-corrected chi connectivity index (χ2v) is 6.99. The molecule has 1 aliphatic carbocycles. The number of hydrogen-bond acceptors (Lipinski definition) is 3. The van der Waals surface area contributed by atoms with Crippen LogP contribution < -0.4 is 5.32 Å². The molecule has 2 atom stereocenters. The second kappa shape index (κ2) is 6.89. The number of piperazine rings is 1. The quantitative estimate of drug-likeness (QED) is 0.926. The highest BCUT2D eigenvalue weighted by Gasteiger charge is 2.31. The van der Waals surface area contributed by atoms with Crippen molar-refractivity contribution in [1.82, 2.24) is 15.2 Å². The summed E-state index contributed by atoms with van der Waals surface area (Å²) in [5.41, 5.74) is 2.75. The standard InChI is InChI=1S/C18H29N3/c1-14-10-19-9-8-17(14)12-21-13-18(20-11-15(21)2)16-6-4-3-5-7-16/h8-10,15-16,18,20H,3-7,11-13H2,1-2H3. The Labute approximate surface area is 129 Å². The fraction of sp³-hybridized carbons (Fsp3) is 0.722. The Kier molecular flexibility index (Phi) is 4.91. The molecule has 3 nitrogen and oxygen atoms in total. The van der Waals surface area contributed by atoms with Crippen LogP contribution in [0, 0.1) is 12.8 Å². The molecule has 3 heteroatoms. The first kappa shape index (κ1) is 15.0. The predicted octanol–water partition coefficient (Wildman–Crippen LogP) is 3.13. The van der Waals surface area contributed by atoms with Gasteiger partial charge >= 0.3 is 0 Å². The number of rotatable bonds is 3. The molecule has 1 aliphatic heterocycles. The molecular formula is C18H29N3. The van der Waals surface area contributed by atoms with Crippen LogP contribution in [0.4, 0.5) is 0 Å². The number of aryl methyl sites for hydroxylation is 1. The third kappa shape index (κ3) is 3.64. The van der Waals surface area contributed by atoms with Crippen molar-refractivity contribution in [2.24, 2.45) is 5.92 Å². The van der Waals surface area contributed by atoms with Gasteiger partial charge in [-0.1, -0.05) is 19.3 Å². The lowest BCUT2D eigenvalue weighted by Crippen LogP contribution is -2.57. The van der Waals surface area contributed by atoms with Crippen molar-refractivity contribution in [1.29, 1.82) is 0 Å². The van der Waals surface area contributed by atoms with E-state index in [1.165, 1.54) is 49.8 Å². The van der Waals surface area contributed by atoms with E-state index in [1.54, 1.807) is 0 Å². The third-order valence-corrected chi connectivity index (χ3v) is 5.46. The molecule has 21 heavy (non-hydrogen) atoms. The number of pyridine rings is 1. The monoisotopic (exact) mass is 287 g/mol. The molecule has 1 N–H and O–H groups in total. The minimum atomic E-state index is 0.623. The van der Waals surface area contributed by atoms with E-state index in [0.717, 1.165) is 19.0 Å². The Balaban J connectivity index is 1.64. The van der Waals surface area contributed by atoms with Crippen LogP contribution in [-0.4, -0.2) is 35.1 Å². The van der Waals surface area contributed by atoms with E-state index < -0.39 is 0 Å².